The molecule has 23 heavy (non-hydrogen) atoms. The van der Waals surface area contributed by atoms with Crippen LogP contribution in [0.2, 0.25) is 0 Å². The van der Waals surface area contributed by atoms with Gasteiger partial charge in [-0.25, -0.2) is 4.79 Å². The summed E-state index contributed by atoms with van der Waals surface area (Å²) in [5.41, 5.74) is 9.03. The van der Waals surface area contributed by atoms with Crippen molar-refractivity contribution in [1.82, 2.24) is 25.2 Å². The standard InChI is InChI=1S/C12H17N7O4/c1-14-11(16-23-5-8(13)20)10-9-6(3-15-17(9)2)7-4-18(10)12(21)19(7)22/h3,7,10,22H,4-5H2,1-2H3,(H2,13,20)(H,14,16)/t7-,10-/m0/s1. The van der Waals surface area contributed by atoms with Gasteiger partial charge in [0.25, 0.3) is 0 Å². The molecule has 2 aliphatic heterocycles. The smallest absolute Gasteiger partial charge is 0.345 e. The topological polar surface area (TPSA) is 138 Å². The van der Waals surface area contributed by atoms with Crippen molar-refractivity contribution in [3.8, 4) is 0 Å². The molecule has 0 aliphatic carbocycles. The van der Waals surface area contributed by atoms with Crippen LogP contribution >= 0.6 is 0 Å². The predicted molar refractivity (Wildman–Crippen MR) is 76.1 cm³/mol. The lowest BCUT2D eigenvalue weighted by Gasteiger charge is -2.31. The van der Waals surface area contributed by atoms with E-state index in [9.17, 15) is 14.8 Å². The van der Waals surface area contributed by atoms with Crippen LogP contribution in [0.3, 0.4) is 0 Å². The SMILES string of the molecule is CN=C(NOCC(N)=O)[C@@H]1c2c(cnn2C)[C@@H]2CN1C(=O)N2O. The number of primary amides is 1. The number of hydrogen-bond acceptors (Lipinski definition) is 6. The maximum Gasteiger partial charge on any atom is 0.345 e. The van der Waals surface area contributed by atoms with Crippen molar-refractivity contribution in [1.29, 1.82) is 0 Å². The van der Waals surface area contributed by atoms with Crippen molar-refractivity contribution in [2.24, 2.45) is 17.8 Å². The Kier molecular flexibility index (Phi) is 3.66. The Morgan fingerprint density at radius 1 is 1.65 bits per heavy atom. The normalized spacial score (nSPS) is 23.3. The number of nitrogens with zero attached hydrogens (tertiary/aromatic N) is 5. The van der Waals surface area contributed by atoms with Crippen molar-refractivity contribution in [2.45, 2.75) is 12.1 Å². The first kappa shape index (κ1) is 15.2. The first-order valence-corrected chi connectivity index (χ1v) is 6.89. The molecule has 0 spiro atoms. The summed E-state index contributed by atoms with van der Waals surface area (Å²) < 4.78 is 1.62. The molecule has 1 aromatic rings. The van der Waals surface area contributed by atoms with Gasteiger partial charge in [0.1, 0.15) is 17.9 Å². The Hall–Kier alpha value is -2.66. The Bertz CT molecular complexity index is 685. The molecule has 3 amide bonds. The third-order valence-corrected chi connectivity index (χ3v) is 3.94. The van der Waals surface area contributed by atoms with E-state index >= 15 is 0 Å². The fraction of sp³-hybridized carbons (Fsp3) is 0.500. The summed E-state index contributed by atoms with van der Waals surface area (Å²) in [6.07, 6.45) is 1.61. The number of carbonyl (C=O) groups excluding carboxylic acids is 2. The summed E-state index contributed by atoms with van der Waals surface area (Å²) in [4.78, 5) is 33.6. The number of aromatic nitrogens is 2. The van der Waals surface area contributed by atoms with E-state index in [4.69, 9.17) is 10.6 Å². The lowest BCUT2D eigenvalue weighted by molar-refractivity contribution is -0.123. The Balaban J connectivity index is 1.95. The van der Waals surface area contributed by atoms with Crippen LogP contribution in [0, 0.1) is 0 Å². The van der Waals surface area contributed by atoms with Gasteiger partial charge in [-0.1, -0.05) is 0 Å². The van der Waals surface area contributed by atoms with Gasteiger partial charge in [0.05, 0.1) is 18.4 Å². The molecule has 0 radical (unpaired) electrons. The van der Waals surface area contributed by atoms with Crippen LogP contribution < -0.4 is 11.2 Å². The average molecular weight is 323 g/mol. The van der Waals surface area contributed by atoms with Crippen molar-refractivity contribution >= 4 is 17.8 Å². The summed E-state index contributed by atoms with van der Waals surface area (Å²) in [7, 11) is 3.26. The van der Waals surface area contributed by atoms with Crippen molar-refractivity contribution in [3.05, 3.63) is 17.5 Å². The largest absolute Gasteiger partial charge is 0.368 e. The highest BCUT2D eigenvalue weighted by Gasteiger charge is 2.51. The highest BCUT2D eigenvalue weighted by molar-refractivity contribution is 5.93. The quantitative estimate of drug-likeness (QED) is 0.272. The molecule has 2 aliphatic rings. The number of hydrogen-bond donors (Lipinski definition) is 3. The van der Waals surface area contributed by atoms with Crippen molar-refractivity contribution < 1.29 is 19.6 Å². The summed E-state index contributed by atoms with van der Waals surface area (Å²) in [5, 5.41) is 14.9. The zero-order chi connectivity index (χ0) is 16.7. The van der Waals surface area contributed by atoms with Crippen LogP contribution in [-0.4, -0.2) is 62.9 Å². The molecule has 1 aromatic heterocycles. The maximum absolute atomic E-state index is 12.3. The lowest BCUT2D eigenvalue weighted by Crippen LogP contribution is -2.45. The lowest BCUT2D eigenvalue weighted by atomic mass is 9.97. The van der Waals surface area contributed by atoms with E-state index in [2.05, 4.69) is 15.6 Å². The fourth-order valence-corrected chi connectivity index (χ4v) is 2.94. The first-order valence-electron chi connectivity index (χ1n) is 6.89. The van der Waals surface area contributed by atoms with E-state index in [0.29, 0.717) is 23.1 Å². The number of hydroxylamine groups is 3. The van der Waals surface area contributed by atoms with Crippen LogP contribution in [0.1, 0.15) is 23.3 Å². The van der Waals surface area contributed by atoms with Crippen molar-refractivity contribution in [2.75, 3.05) is 20.2 Å². The molecule has 0 unspecified atom stereocenters. The first-order chi connectivity index (χ1) is 11.0. The summed E-state index contributed by atoms with van der Waals surface area (Å²) in [6.45, 7) is -0.0398. The van der Waals surface area contributed by atoms with E-state index in [1.165, 1.54) is 11.9 Å². The van der Waals surface area contributed by atoms with E-state index < -0.39 is 24.0 Å². The molecule has 4 N–H and O–H groups in total. The van der Waals surface area contributed by atoms with Gasteiger partial charge in [-0.2, -0.15) is 10.2 Å². The van der Waals surface area contributed by atoms with Crippen molar-refractivity contribution in [3.63, 3.8) is 0 Å². The Morgan fingerprint density at radius 3 is 3.04 bits per heavy atom. The predicted octanol–water partition coefficient (Wildman–Crippen LogP) is -1.32. The van der Waals surface area contributed by atoms with Gasteiger partial charge in [0.15, 0.2) is 6.61 Å². The number of nitrogens with two attached hydrogens (primary N) is 1. The zero-order valence-corrected chi connectivity index (χ0v) is 12.6. The second-order valence-corrected chi connectivity index (χ2v) is 5.27. The molecular weight excluding hydrogens is 306 g/mol. The zero-order valence-electron chi connectivity index (χ0n) is 12.6. The minimum absolute atomic E-state index is 0.301. The van der Waals surface area contributed by atoms with Crippen LogP contribution in [0.4, 0.5) is 4.79 Å². The van der Waals surface area contributed by atoms with E-state index in [1.807, 2.05) is 0 Å². The highest BCUT2D eigenvalue weighted by Crippen LogP contribution is 2.42. The van der Waals surface area contributed by atoms with E-state index in [-0.39, 0.29) is 6.61 Å². The molecule has 3 heterocycles. The number of rotatable bonds is 4. The minimum Gasteiger partial charge on any atom is -0.368 e. The van der Waals surface area contributed by atoms with E-state index in [0.717, 1.165) is 5.56 Å². The molecule has 3 rings (SSSR count). The van der Waals surface area contributed by atoms with Gasteiger partial charge in [0.2, 0.25) is 5.91 Å². The summed E-state index contributed by atoms with van der Waals surface area (Å²) in [5.74, 6) is -0.338. The number of amidine groups is 1. The Labute approximate surface area is 131 Å². The maximum atomic E-state index is 12.3. The number of fused-ring (bicyclic) bond motifs is 4. The highest BCUT2D eigenvalue weighted by atomic mass is 16.6. The van der Waals surface area contributed by atoms with Gasteiger partial charge in [-0.15, -0.1) is 0 Å². The monoisotopic (exact) mass is 323 g/mol. The molecule has 0 aromatic carbocycles. The van der Waals surface area contributed by atoms with Gasteiger partial charge in [0, 0.05) is 19.7 Å². The van der Waals surface area contributed by atoms with Crippen LogP contribution in [0.5, 0.6) is 0 Å². The second-order valence-electron chi connectivity index (χ2n) is 5.27. The molecule has 1 fully saturated rings. The number of nitrogens with one attached hydrogen (secondary N) is 1. The van der Waals surface area contributed by atoms with Gasteiger partial charge in [-0.05, 0) is 0 Å². The number of carbonyl (C=O) groups is 2. The third kappa shape index (κ3) is 2.29. The molecular formula is C12H17N7O4. The molecule has 124 valence electrons. The summed E-state index contributed by atoms with van der Waals surface area (Å²) in [6, 6.07) is -1.61. The average Bonchev–Trinajstić information content (AvgIpc) is 3.01. The molecule has 2 atom stereocenters. The van der Waals surface area contributed by atoms with Gasteiger partial charge in [-0.3, -0.25) is 30.0 Å². The second kappa shape index (κ2) is 5.52. The number of aryl methyl sites for hydroxylation is 1. The fourth-order valence-electron chi connectivity index (χ4n) is 2.94. The number of amides is 3. The molecule has 0 saturated carbocycles. The minimum atomic E-state index is -0.642. The third-order valence-electron chi connectivity index (χ3n) is 3.94. The van der Waals surface area contributed by atoms with Gasteiger partial charge < -0.3 is 10.6 Å². The van der Waals surface area contributed by atoms with E-state index in [1.54, 1.807) is 17.9 Å². The van der Waals surface area contributed by atoms with Crippen LogP contribution in [0.25, 0.3) is 0 Å². The van der Waals surface area contributed by atoms with Crippen LogP contribution in [0.15, 0.2) is 11.2 Å². The molecule has 1 saturated heterocycles. The number of urea groups is 1. The molecule has 11 heteroatoms. The Morgan fingerprint density at radius 2 is 2.39 bits per heavy atom. The van der Waals surface area contributed by atoms with Crippen LogP contribution in [-0.2, 0) is 16.7 Å². The summed E-state index contributed by atoms with van der Waals surface area (Å²) >= 11 is 0. The van der Waals surface area contributed by atoms with Gasteiger partial charge >= 0.3 is 6.03 Å². The molecule has 2 bridgehead atoms. The molecule has 11 nitrogen and oxygen atoms in total. The number of aliphatic imine (C=N–C) groups is 1.